The molecule has 0 atom stereocenters. The highest BCUT2D eigenvalue weighted by molar-refractivity contribution is 5.69. The second kappa shape index (κ2) is 15.5. The van der Waals surface area contributed by atoms with Gasteiger partial charge in [0.15, 0.2) is 0 Å². The molecule has 0 unspecified atom stereocenters. The van der Waals surface area contributed by atoms with Crippen molar-refractivity contribution in [2.24, 2.45) is 11.8 Å². The van der Waals surface area contributed by atoms with Gasteiger partial charge in [0.2, 0.25) is 0 Å². The summed E-state index contributed by atoms with van der Waals surface area (Å²) in [5, 5.41) is 0. The molecule has 0 amide bonds. The minimum absolute atomic E-state index is 0.0912. The molecule has 0 rings (SSSR count). The molecule has 4 nitrogen and oxygen atoms in total. The van der Waals surface area contributed by atoms with Crippen LogP contribution in [0.25, 0.3) is 0 Å². The first-order chi connectivity index (χ1) is 11.6. The van der Waals surface area contributed by atoms with Crippen molar-refractivity contribution in [2.45, 2.75) is 91.9 Å². The zero-order valence-corrected chi connectivity index (χ0v) is 16.3. The van der Waals surface area contributed by atoms with Crippen molar-refractivity contribution in [3.05, 3.63) is 0 Å². The van der Waals surface area contributed by atoms with Gasteiger partial charge in [0.1, 0.15) is 0 Å². The number of hydrogen-bond donors (Lipinski definition) is 0. The third kappa shape index (κ3) is 12.4. The van der Waals surface area contributed by atoms with Crippen molar-refractivity contribution < 1.29 is 19.1 Å². The van der Waals surface area contributed by atoms with Gasteiger partial charge in [0.25, 0.3) is 0 Å². The zero-order chi connectivity index (χ0) is 18.2. The molecule has 4 heteroatoms. The molecule has 0 fully saturated rings. The lowest BCUT2D eigenvalue weighted by Gasteiger charge is -2.12. The molecule has 0 aromatic rings. The summed E-state index contributed by atoms with van der Waals surface area (Å²) in [5.74, 6) is 0.790. The Hall–Kier alpha value is -1.06. The molecule has 0 N–H and O–H groups in total. The van der Waals surface area contributed by atoms with Crippen LogP contribution in [0.3, 0.4) is 0 Å². The van der Waals surface area contributed by atoms with E-state index in [4.69, 9.17) is 9.47 Å². The average molecular weight is 343 g/mol. The highest BCUT2D eigenvalue weighted by atomic mass is 16.5. The third-order valence-electron chi connectivity index (χ3n) is 4.78. The molecule has 0 aliphatic carbocycles. The van der Waals surface area contributed by atoms with Crippen molar-refractivity contribution in [2.75, 3.05) is 13.2 Å². The van der Waals surface area contributed by atoms with E-state index in [1.807, 2.05) is 0 Å². The highest BCUT2D eigenvalue weighted by Crippen LogP contribution is 2.11. The molecule has 24 heavy (non-hydrogen) atoms. The predicted octanol–water partition coefficient (Wildman–Crippen LogP) is 5.29. The number of unbranched alkanes of at least 4 members (excludes halogenated alkanes) is 3. The lowest BCUT2D eigenvalue weighted by Crippen LogP contribution is -2.13. The van der Waals surface area contributed by atoms with Gasteiger partial charge in [-0.05, 0) is 24.7 Å². The first kappa shape index (κ1) is 22.9. The van der Waals surface area contributed by atoms with Gasteiger partial charge in [0.05, 0.1) is 13.2 Å². The van der Waals surface area contributed by atoms with Crippen LogP contribution in [0.5, 0.6) is 0 Å². The normalized spacial score (nSPS) is 11.1. The van der Waals surface area contributed by atoms with E-state index < -0.39 is 0 Å². The maximum Gasteiger partial charge on any atom is 0.305 e. The van der Waals surface area contributed by atoms with Gasteiger partial charge in [-0.25, -0.2) is 0 Å². The molecular weight excluding hydrogens is 304 g/mol. The van der Waals surface area contributed by atoms with Gasteiger partial charge in [-0.3, -0.25) is 9.59 Å². The van der Waals surface area contributed by atoms with E-state index in [0.717, 1.165) is 51.4 Å². The maximum absolute atomic E-state index is 11.6. The SMILES string of the molecule is CCC(CC)COC(=O)CCCCCCC(=O)OCC(CC)CC. The molecule has 0 aliphatic heterocycles. The van der Waals surface area contributed by atoms with Crippen LogP contribution in [-0.2, 0) is 19.1 Å². The van der Waals surface area contributed by atoms with Crippen LogP contribution < -0.4 is 0 Å². The van der Waals surface area contributed by atoms with E-state index in [0.29, 0.717) is 37.9 Å². The average Bonchev–Trinajstić information content (AvgIpc) is 2.59. The molecule has 0 aromatic heterocycles. The summed E-state index contributed by atoms with van der Waals surface area (Å²) < 4.78 is 10.6. The summed E-state index contributed by atoms with van der Waals surface area (Å²) in [6.07, 6.45) is 8.77. The number of rotatable bonds is 15. The molecular formula is C20H38O4. The Morgan fingerprint density at radius 2 is 0.958 bits per heavy atom. The van der Waals surface area contributed by atoms with Gasteiger partial charge in [-0.15, -0.1) is 0 Å². The maximum atomic E-state index is 11.6. The van der Waals surface area contributed by atoms with Crippen molar-refractivity contribution in [1.82, 2.24) is 0 Å². The Kier molecular flexibility index (Phi) is 14.8. The Labute approximate surface area is 148 Å². The van der Waals surface area contributed by atoms with E-state index in [2.05, 4.69) is 27.7 Å². The zero-order valence-electron chi connectivity index (χ0n) is 16.3. The summed E-state index contributed by atoms with van der Waals surface area (Å²) in [6, 6.07) is 0. The van der Waals surface area contributed by atoms with Crippen LogP contribution in [-0.4, -0.2) is 25.2 Å². The smallest absolute Gasteiger partial charge is 0.305 e. The molecule has 142 valence electrons. The fraction of sp³-hybridized carbons (Fsp3) is 0.900. The number of ether oxygens (including phenoxy) is 2. The third-order valence-corrected chi connectivity index (χ3v) is 4.78. The van der Waals surface area contributed by atoms with Crippen LogP contribution >= 0.6 is 0 Å². The van der Waals surface area contributed by atoms with Crippen molar-refractivity contribution >= 4 is 11.9 Å². The second-order valence-corrected chi connectivity index (χ2v) is 6.65. The number of hydrogen-bond acceptors (Lipinski definition) is 4. The van der Waals surface area contributed by atoms with Gasteiger partial charge in [-0.1, -0.05) is 66.2 Å². The summed E-state index contributed by atoms with van der Waals surface area (Å²) in [6.45, 7) is 9.59. The van der Waals surface area contributed by atoms with Crippen LogP contribution in [0.2, 0.25) is 0 Å². The summed E-state index contributed by atoms with van der Waals surface area (Å²) >= 11 is 0. The topological polar surface area (TPSA) is 52.6 Å². The molecule has 0 heterocycles. The van der Waals surface area contributed by atoms with E-state index in [1.165, 1.54) is 0 Å². The first-order valence-corrected chi connectivity index (χ1v) is 9.88. The standard InChI is InChI=1S/C20H38O4/c1-5-17(6-2)15-23-19(21)13-11-9-10-12-14-20(22)24-16-18(7-3)8-4/h17-18H,5-16H2,1-4H3. The Morgan fingerprint density at radius 1 is 0.625 bits per heavy atom. The van der Waals surface area contributed by atoms with Crippen LogP contribution in [0.4, 0.5) is 0 Å². The Balaban J connectivity index is 3.52. The molecule has 0 aromatic carbocycles. The fourth-order valence-corrected chi connectivity index (χ4v) is 2.51. The van der Waals surface area contributed by atoms with Crippen LogP contribution in [0.1, 0.15) is 91.9 Å². The van der Waals surface area contributed by atoms with E-state index in [-0.39, 0.29) is 11.9 Å². The lowest BCUT2D eigenvalue weighted by molar-refractivity contribution is -0.146. The lowest BCUT2D eigenvalue weighted by atomic mass is 10.1. The van der Waals surface area contributed by atoms with E-state index in [9.17, 15) is 9.59 Å². The van der Waals surface area contributed by atoms with Crippen LogP contribution in [0.15, 0.2) is 0 Å². The summed E-state index contributed by atoms with van der Waals surface area (Å²) in [7, 11) is 0. The number of esters is 2. The largest absolute Gasteiger partial charge is 0.465 e. The number of carbonyl (C=O) groups is 2. The predicted molar refractivity (Wildman–Crippen MR) is 97.8 cm³/mol. The quantitative estimate of drug-likeness (QED) is 0.300. The van der Waals surface area contributed by atoms with Crippen molar-refractivity contribution in [3.8, 4) is 0 Å². The minimum Gasteiger partial charge on any atom is -0.465 e. The summed E-state index contributed by atoms with van der Waals surface area (Å²) in [5.41, 5.74) is 0. The van der Waals surface area contributed by atoms with Crippen molar-refractivity contribution in [3.63, 3.8) is 0 Å². The molecule has 0 spiro atoms. The Bertz CT molecular complexity index is 288. The minimum atomic E-state index is -0.0912. The summed E-state index contributed by atoms with van der Waals surface area (Å²) in [4.78, 5) is 23.3. The van der Waals surface area contributed by atoms with Gasteiger partial charge < -0.3 is 9.47 Å². The van der Waals surface area contributed by atoms with E-state index in [1.54, 1.807) is 0 Å². The first-order valence-electron chi connectivity index (χ1n) is 9.88. The van der Waals surface area contributed by atoms with Crippen molar-refractivity contribution in [1.29, 1.82) is 0 Å². The monoisotopic (exact) mass is 342 g/mol. The molecule has 0 saturated heterocycles. The number of carbonyl (C=O) groups excluding carboxylic acids is 2. The molecule has 0 saturated carbocycles. The van der Waals surface area contributed by atoms with Crippen LogP contribution in [0, 0.1) is 11.8 Å². The second-order valence-electron chi connectivity index (χ2n) is 6.65. The molecule has 0 radical (unpaired) electrons. The fourth-order valence-electron chi connectivity index (χ4n) is 2.51. The molecule has 0 aliphatic rings. The molecule has 0 bridgehead atoms. The van der Waals surface area contributed by atoms with Gasteiger partial charge >= 0.3 is 11.9 Å². The van der Waals surface area contributed by atoms with E-state index >= 15 is 0 Å². The van der Waals surface area contributed by atoms with Gasteiger partial charge in [-0.2, -0.15) is 0 Å². The van der Waals surface area contributed by atoms with Gasteiger partial charge in [0, 0.05) is 12.8 Å². The Morgan fingerprint density at radius 3 is 1.25 bits per heavy atom. The highest BCUT2D eigenvalue weighted by Gasteiger charge is 2.09.